The highest BCUT2D eigenvalue weighted by Gasteiger charge is 2.19. The Morgan fingerprint density at radius 3 is 2.38 bits per heavy atom. The number of nitrogens with zero attached hydrogens (tertiary/aromatic N) is 1. The van der Waals surface area contributed by atoms with E-state index in [1.54, 1.807) is 6.92 Å². The van der Waals surface area contributed by atoms with Crippen molar-refractivity contribution in [3.8, 4) is 0 Å². The lowest BCUT2D eigenvalue weighted by Gasteiger charge is -2.21. The molecule has 0 saturated heterocycles. The normalized spacial score (nSPS) is 11.8. The van der Waals surface area contributed by atoms with Crippen molar-refractivity contribution in [1.29, 1.82) is 0 Å². The van der Waals surface area contributed by atoms with Crippen LogP contribution in [0.5, 0.6) is 0 Å². The fraction of sp³-hybridized carbons (Fsp3) is 0.500. The molecule has 1 aromatic heterocycles. The summed E-state index contributed by atoms with van der Waals surface area (Å²) in [4.78, 5) is 3.70. The quantitative estimate of drug-likeness (QED) is 0.637. The van der Waals surface area contributed by atoms with Gasteiger partial charge >= 0.3 is 0 Å². The molecule has 0 radical (unpaired) electrons. The number of pyridine rings is 1. The Kier molecular flexibility index (Phi) is 2.76. The van der Waals surface area contributed by atoms with E-state index >= 15 is 0 Å². The third-order valence-electron chi connectivity index (χ3n) is 1.99. The second kappa shape index (κ2) is 3.37. The third kappa shape index (κ3) is 2.27. The first-order chi connectivity index (χ1) is 5.82. The number of hydrogen-bond acceptors (Lipinski definition) is 1. The molecule has 1 nitrogen and oxygen atoms in total. The largest absolute Gasteiger partial charge is 0.217 e. The molecule has 1 heterocycles. The van der Waals surface area contributed by atoms with Gasteiger partial charge in [0, 0.05) is 5.56 Å². The molecule has 13 heavy (non-hydrogen) atoms. The number of rotatable bonds is 0. The Morgan fingerprint density at radius 2 is 1.92 bits per heavy atom. The third-order valence-corrected chi connectivity index (χ3v) is 2.40. The maximum Gasteiger partial charge on any atom is 0.217 e. The van der Waals surface area contributed by atoms with Gasteiger partial charge in [0.15, 0.2) is 0 Å². The summed E-state index contributed by atoms with van der Waals surface area (Å²) in [6.45, 7) is 7.93. The summed E-state index contributed by atoms with van der Waals surface area (Å²) >= 11 is 3.19. The minimum Gasteiger partial charge on any atom is -0.212 e. The number of aromatic nitrogens is 1. The van der Waals surface area contributed by atoms with Crippen LogP contribution in [0.15, 0.2) is 10.7 Å². The van der Waals surface area contributed by atoms with E-state index in [2.05, 4.69) is 41.7 Å². The predicted octanol–water partition coefficient (Wildman–Crippen LogP) is 3.59. The predicted molar refractivity (Wildman–Crippen MR) is 55.3 cm³/mol. The molecule has 0 aromatic carbocycles. The molecule has 0 atom stereocenters. The van der Waals surface area contributed by atoms with E-state index in [9.17, 15) is 4.39 Å². The van der Waals surface area contributed by atoms with Crippen molar-refractivity contribution in [3.05, 3.63) is 27.7 Å². The summed E-state index contributed by atoms with van der Waals surface area (Å²) in [5.74, 6) is -0.390. The molecule has 1 rings (SSSR count). The van der Waals surface area contributed by atoms with Crippen molar-refractivity contribution in [2.24, 2.45) is 0 Å². The van der Waals surface area contributed by atoms with Gasteiger partial charge in [-0.25, -0.2) is 4.98 Å². The fourth-order valence-electron chi connectivity index (χ4n) is 1.33. The molecule has 0 N–H and O–H groups in total. The van der Waals surface area contributed by atoms with Crippen molar-refractivity contribution in [3.63, 3.8) is 0 Å². The smallest absolute Gasteiger partial charge is 0.212 e. The molecule has 1 aromatic rings. The molecule has 0 aliphatic heterocycles. The molecule has 3 heteroatoms. The van der Waals surface area contributed by atoms with Gasteiger partial charge in [-0.15, -0.1) is 0 Å². The summed E-state index contributed by atoms with van der Waals surface area (Å²) in [7, 11) is 0. The number of hydrogen-bond donors (Lipinski definition) is 0. The summed E-state index contributed by atoms with van der Waals surface area (Å²) in [5, 5.41) is 0. The topological polar surface area (TPSA) is 12.9 Å². The molecular weight excluding hydrogens is 233 g/mol. The number of halogens is 2. The molecule has 0 bridgehead atoms. The lowest BCUT2D eigenvalue weighted by Crippen LogP contribution is -2.14. The van der Waals surface area contributed by atoms with Gasteiger partial charge in [-0.2, -0.15) is 4.39 Å². The first kappa shape index (κ1) is 10.6. The van der Waals surface area contributed by atoms with E-state index in [0.717, 1.165) is 5.56 Å². The average Bonchev–Trinajstić information content (AvgIpc) is 1.94. The Bertz CT molecular complexity index is 328. The zero-order chi connectivity index (χ0) is 10.2. The molecule has 72 valence electrons. The molecule has 0 saturated carbocycles. The highest BCUT2D eigenvalue weighted by Crippen LogP contribution is 2.28. The molecule has 0 aliphatic rings. The van der Waals surface area contributed by atoms with Gasteiger partial charge in [-0.3, -0.25) is 0 Å². The zero-order valence-corrected chi connectivity index (χ0v) is 9.87. The van der Waals surface area contributed by atoms with Crippen molar-refractivity contribution in [2.75, 3.05) is 0 Å². The van der Waals surface area contributed by atoms with Crippen LogP contribution in [0.25, 0.3) is 0 Å². The second-order valence-corrected chi connectivity index (χ2v) is 4.97. The zero-order valence-electron chi connectivity index (χ0n) is 8.28. The van der Waals surface area contributed by atoms with Crippen LogP contribution in [0.3, 0.4) is 0 Å². The van der Waals surface area contributed by atoms with Gasteiger partial charge < -0.3 is 0 Å². The molecule has 0 amide bonds. The average molecular weight is 246 g/mol. The van der Waals surface area contributed by atoms with Crippen molar-refractivity contribution in [2.45, 2.75) is 33.1 Å². The highest BCUT2D eigenvalue weighted by molar-refractivity contribution is 9.10. The van der Waals surface area contributed by atoms with Crippen molar-refractivity contribution >= 4 is 15.9 Å². The Hall–Kier alpha value is -0.440. The van der Waals surface area contributed by atoms with Crippen molar-refractivity contribution in [1.82, 2.24) is 4.98 Å². The first-order valence-electron chi connectivity index (χ1n) is 4.15. The molecule has 0 spiro atoms. The minimum absolute atomic E-state index is 0.0453. The van der Waals surface area contributed by atoms with E-state index in [0.29, 0.717) is 10.2 Å². The summed E-state index contributed by atoms with van der Waals surface area (Å²) < 4.78 is 13.8. The van der Waals surface area contributed by atoms with Crippen LogP contribution in [0.4, 0.5) is 4.39 Å². The summed E-state index contributed by atoms with van der Waals surface area (Å²) in [6, 6.07) is 1.87. The summed E-state index contributed by atoms with van der Waals surface area (Å²) in [5.41, 5.74) is 1.58. The van der Waals surface area contributed by atoms with E-state index in [4.69, 9.17) is 0 Å². The molecule has 0 aliphatic carbocycles. The molecule has 0 unspecified atom stereocenters. The minimum atomic E-state index is -0.390. The van der Waals surface area contributed by atoms with Crippen LogP contribution >= 0.6 is 15.9 Å². The monoisotopic (exact) mass is 245 g/mol. The SMILES string of the molecule is Cc1c(C(C)(C)C)cc(Br)nc1F. The standard InChI is InChI=1S/C10H13BrFN/c1-6-7(10(2,3)4)5-8(11)13-9(6)12/h5H,1-4H3. The van der Waals surface area contributed by atoms with Crippen LogP contribution in [0.1, 0.15) is 31.9 Å². The van der Waals surface area contributed by atoms with Crippen molar-refractivity contribution < 1.29 is 4.39 Å². The van der Waals surface area contributed by atoms with Crippen LogP contribution in [-0.2, 0) is 5.41 Å². The first-order valence-corrected chi connectivity index (χ1v) is 4.95. The maximum absolute atomic E-state index is 13.2. The van der Waals surface area contributed by atoms with Crippen LogP contribution < -0.4 is 0 Å². The second-order valence-electron chi connectivity index (χ2n) is 4.16. The van der Waals surface area contributed by atoms with Gasteiger partial charge in [-0.05, 0) is 39.9 Å². The van der Waals surface area contributed by atoms with Gasteiger partial charge in [0.1, 0.15) is 4.60 Å². The lowest BCUT2D eigenvalue weighted by molar-refractivity contribution is 0.537. The molecular formula is C10H13BrFN. The Balaban J connectivity index is 3.37. The molecule has 0 fully saturated rings. The van der Waals surface area contributed by atoms with Crippen LogP contribution in [0.2, 0.25) is 0 Å². The Morgan fingerprint density at radius 1 is 1.38 bits per heavy atom. The van der Waals surface area contributed by atoms with E-state index in [1.807, 2.05) is 6.07 Å². The highest BCUT2D eigenvalue weighted by atomic mass is 79.9. The lowest BCUT2D eigenvalue weighted by atomic mass is 9.85. The maximum atomic E-state index is 13.2. The van der Waals surface area contributed by atoms with Gasteiger partial charge in [0.05, 0.1) is 0 Å². The Labute approximate surface area is 86.5 Å². The summed E-state index contributed by atoms with van der Waals surface area (Å²) in [6.07, 6.45) is 0. The van der Waals surface area contributed by atoms with Crippen LogP contribution in [-0.4, -0.2) is 4.98 Å². The van der Waals surface area contributed by atoms with E-state index < -0.39 is 0 Å². The van der Waals surface area contributed by atoms with E-state index in [1.165, 1.54) is 0 Å². The fourth-order valence-corrected chi connectivity index (χ4v) is 1.71. The van der Waals surface area contributed by atoms with Crippen LogP contribution in [0, 0.1) is 12.9 Å². The van der Waals surface area contributed by atoms with E-state index in [-0.39, 0.29) is 11.4 Å². The van der Waals surface area contributed by atoms with Gasteiger partial charge in [0.25, 0.3) is 0 Å². The van der Waals surface area contributed by atoms with Gasteiger partial charge in [-0.1, -0.05) is 20.8 Å². The van der Waals surface area contributed by atoms with Gasteiger partial charge in [0.2, 0.25) is 5.95 Å².